The maximum absolute atomic E-state index is 11.3. The fourth-order valence-electron chi connectivity index (χ4n) is 3.02. The third-order valence-corrected chi connectivity index (χ3v) is 4.56. The van der Waals surface area contributed by atoms with Crippen molar-refractivity contribution in [3.05, 3.63) is 0 Å². The number of nitrogens with one attached hydrogen (secondary N) is 1. The van der Waals surface area contributed by atoms with Gasteiger partial charge in [-0.1, -0.05) is 0 Å². The fourth-order valence-corrected chi connectivity index (χ4v) is 3.02. The maximum atomic E-state index is 11.3. The minimum Gasteiger partial charge on any atom is -0.480 e. The molecule has 120 valence electrons. The first-order chi connectivity index (χ1) is 9.85. The molecule has 0 aromatic heterocycles. The number of hydrogen-bond donors (Lipinski definition) is 5. The highest BCUT2D eigenvalue weighted by Crippen LogP contribution is 2.48. The summed E-state index contributed by atoms with van der Waals surface area (Å²) in [6, 6.07) is -1.13. The number of hydrogen-bond acceptors (Lipinski definition) is 8. The highest BCUT2D eigenvalue weighted by molar-refractivity contribution is 5.95. The van der Waals surface area contributed by atoms with E-state index in [1.54, 1.807) is 11.9 Å². The average molecular weight is 306 g/mol. The van der Waals surface area contributed by atoms with Crippen LogP contribution in [-0.4, -0.2) is 74.6 Å². The Morgan fingerprint density at radius 2 is 1.90 bits per heavy atom. The average Bonchev–Trinajstić information content (AvgIpc) is 3.29. The van der Waals surface area contributed by atoms with Crippen molar-refractivity contribution < 1.29 is 40.1 Å². The lowest BCUT2D eigenvalue weighted by atomic mass is 9.90. The van der Waals surface area contributed by atoms with Gasteiger partial charge in [-0.25, -0.2) is 9.78 Å². The smallest absolute Gasteiger partial charge is 0.326 e. The maximum Gasteiger partial charge on any atom is 0.326 e. The van der Waals surface area contributed by atoms with Crippen molar-refractivity contribution in [2.75, 3.05) is 13.7 Å². The van der Waals surface area contributed by atoms with Gasteiger partial charge in [0.15, 0.2) is 6.23 Å². The Bertz CT molecular complexity index is 446. The summed E-state index contributed by atoms with van der Waals surface area (Å²) in [6.45, 7) is -0.0138. The van der Waals surface area contributed by atoms with Crippen molar-refractivity contribution in [1.29, 1.82) is 0 Å². The van der Waals surface area contributed by atoms with Crippen molar-refractivity contribution in [2.45, 2.75) is 42.6 Å². The molecule has 2 heterocycles. The molecule has 2 saturated heterocycles. The zero-order chi connectivity index (χ0) is 15.8. The van der Waals surface area contributed by atoms with Gasteiger partial charge in [-0.15, -0.1) is 0 Å². The van der Waals surface area contributed by atoms with E-state index in [0.29, 0.717) is 6.42 Å². The largest absolute Gasteiger partial charge is 0.480 e. The summed E-state index contributed by atoms with van der Waals surface area (Å²) in [5, 5.41) is 37.9. The Morgan fingerprint density at radius 1 is 1.24 bits per heavy atom. The molecule has 21 heavy (non-hydrogen) atoms. The summed E-state index contributed by atoms with van der Waals surface area (Å²) >= 11 is 0. The van der Waals surface area contributed by atoms with E-state index < -0.39 is 35.3 Å². The lowest BCUT2D eigenvalue weighted by Gasteiger charge is -2.17. The van der Waals surface area contributed by atoms with Crippen molar-refractivity contribution >= 4 is 11.9 Å². The van der Waals surface area contributed by atoms with Gasteiger partial charge in [-0.3, -0.25) is 30.3 Å². The van der Waals surface area contributed by atoms with Crippen LogP contribution in [0.3, 0.4) is 0 Å². The molecular weight excluding hydrogens is 288 g/mol. The van der Waals surface area contributed by atoms with Gasteiger partial charge in [0.1, 0.15) is 11.6 Å². The highest BCUT2D eigenvalue weighted by atomic mass is 17.1. The first-order valence-corrected chi connectivity index (χ1v) is 6.39. The molecule has 5 N–H and O–H groups in total. The molecule has 0 saturated carbocycles. The van der Waals surface area contributed by atoms with E-state index >= 15 is 0 Å². The number of carboxylic acids is 2. The third-order valence-electron chi connectivity index (χ3n) is 4.56. The van der Waals surface area contributed by atoms with E-state index in [-0.39, 0.29) is 19.4 Å². The number of carbonyl (C=O) groups is 2. The lowest BCUT2D eigenvalue weighted by molar-refractivity contribution is -0.267. The summed E-state index contributed by atoms with van der Waals surface area (Å²) < 4.78 is 0. The molecule has 0 spiro atoms. The monoisotopic (exact) mass is 306 g/mol. The topological polar surface area (TPSA) is 158 Å². The lowest BCUT2D eigenvalue weighted by Crippen LogP contribution is -2.34. The van der Waals surface area contributed by atoms with Gasteiger partial charge in [0.2, 0.25) is 0 Å². The van der Waals surface area contributed by atoms with Gasteiger partial charge in [0.05, 0.1) is 12.1 Å². The molecule has 0 aromatic carbocycles. The number of aliphatic carboxylic acids is 2. The van der Waals surface area contributed by atoms with Crippen molar-refractivity contribution in [2.24, 2.45) is 0 Å². The van der Waals surface area contributed by atoms with Crippen LogP contribution in [0.5, 0.6) is 0 Å². The van der Waals surface area contributed by atoms with Crippen LogP contribution >= 0.6 is 0 Å². The fraction of sp³-hybridized carbons (Fsp3) is 0.818. The van der Waals surface area contributed by atoms with Gasteiger partial charge in [-0.05, 0) is 26.3 Å². The van der Waals surface area contributed by atoms with Crippen molar-refractivity contribution in [3.8, 4) is 0 Å². The number of carboxylic acid groups (broad SMARTS) is 2. The molecule has 2 aliphatic rings. The van der Waals surface area contributed by atoms with Crippen LogP contribution in [0, 0.1) is 0 Å². The number of rotatable bonds is 9. The molecular formula is C11H18N2O8. The van der Waals surface area contributed by atoms with E-state index in [4.69, 9.17) is 15.6 Å². The molecule has 2 aliphatic heterocycles. The van der Waals surface area contributed by atoms with Crippen LogP contribution in [0.1, 0.15) is 19.3 Å². The standard InChI is InChI=1S/C11H18N2O8/c1-13-8(21-19)10(13,4-5-20-18)2-3-11(9(16)17)6(12-11)7(14)15/h6,8,12,18-19H,2-5H2,1H3,(H,14,15)(H,16,17). The second-order valence-corrected chi connectivity index (χ2v) is 5.45. The van der Waals surface area contributed by atoms with E-state index in [2.05, 4.69) is 15.1 Å². The molecule has 0 aromatic rings. The summed E-state index contributed by atoms with van der Waals surface area (Å²) in [5.41, 5.74) is -2.18. The Balaban J connectivity index is 2.03. The number of nitrogens with zero attached hydrogens (tertiary/aromatic N) is 1. The van der Waals surface area contributed by atoms with Crippen LogP contribution in [0.4, 0.5) is 0 Å². The van der Waals surface area contributed by atoms with Gasteiger partial charge in [0.25, 0.3) is 0 Å². The minimum absolute atomic E-state index is 0.0138. The number of likely N-dealkylation sites (N-methyl/N-ethyl adjacent to an activating group) is 1. The minimum atomic E-state index is -1.50. The van der Waals surface area contributed by atoms with E-state index in [1.807, 2.05) is 0 Å². The second-order valence-electron chi connectivity index (χ2n) is 5.45. The third kappa shape index (κ3) is 2.50. The Kier molecular flexibility index (Phi) is 4.19. The first-order valence-electron chi connectivity index (χ1n) is 6.39. The van der Waals surface area contributed by atoms with Crippen LogP contribution < -0.4 is 5.32 Å². The van der Waals surface area contributed by atoms with E-state index in [1.165, 1.54) is 0 Å². The molecule has 2 rings (SSSR count). The van der Waals surface area contributed by atoms with Gasteiger partial charge in [-0.2, -0.15) is 0 Å². The zero-order valence-corrected chi connectivity index (χ0v) is 11.4. The van der Waals surface area contributed by atoms with E-state index in [0.717, 1.165) is 0 Å². The predicted octanol–water partition coefficient (Wildman–Crippen LogP) is -0.974. The summed E-state index contributed by atoms with van der Waals surface area (Å²) in [6.07, 6.45) is -0.0186. The first kappa shape index (κ1) is 16.1. The summed E-state index contributed by atoms with van der Waals surface area (Å²) in [5.74, 6) is -2.45. The van der Waals surface area contributed by atoms with Crippen LogP contribution in [0.15, 0.2) is 0 Å². The molecule has 10 nitrogen and oxygen atoms in total. The molecule has 2 fully saturated rings. The van der Waals surface area contributed by atoms with E-state index in [9.17, 15) is 14.7 Å². The normalized spacial score (nSPS) is 40.8. The Hall–Kier alpha value is -1.30. The molecule has 5 atom stereocenters. The molecule has 0 radical (unpaired) electrons. The summed E-state index contributed by atoms with van der Waals surface area (Å²) in [4.78, 5) is 32.2. The quantitative estimate of drug-likeness (QED) is 0.204. The van der Waals surface area contributed by atoms with Crippen LogP contribution in [-0.2, 0) is 19.4 Å². The Labute approximate surface area is 119 Å². The highest BCUT2D eigenvalue weighted by Gasteiger charge is 2.68. The molecule has 0 bridgehead atoms. The van der Waals surface area contributed by atoms with Crippen molar-refractivity contribution in [3.63, 3.8) is 0 Å². The predicted molar refractivity (Wildman–Crippen MR) is 65.4 cm³/mol. The SMILES string of the molecule is CN1C(OO)C1(CCOO)CCC1(C(=O)O)NC1C(=O)O. The summed E-state index contributed by atoms with van der Waals surface area (Å²) in [7, 11) is 1.67. The van der Waals surface area contributed by atoms with Gasteiger partial charge in [0, 0.05) is 0 Å². The zero-order valence-electron chi connectivity index (χ0n) is 11.4. The molecule has 0 amide bonds. The second kappa shape index (κ2) is 5.48. The molecule has 0 aliphatic carbocycles. The molecule has 10 heteroatoms. The van der Waals surface area contributed by atoms with Gasteiger partial charge >= 0.3 is 11.9 Å². The van der Waals surface area contributed by atoms with Crippen LogP contribution in [0.25, 0.3) is 0 Å². The van der Waals surface area contributed by atoms with Gasteiger partial charge < -0.3 is 10.2 Å². The molecule has 5 unspecified atom stereocenters. The Morgan fingerprint density at radius 3 is 2.29 bits per heavy atom. The van der Waals surface area contributed by atoms with Crippen LogP contribution in [0.2, 0.25) is 0 Å². The van der Waals surface area contributed by atoms with Crippen molar-refractivity contribution in [1.82, 2.24) is 10.2 Å².